The third kappa shape index (κ3) is 2.36. The number of hydrogen-bond acceptors (Lipinski definition) is 5. The van der Waals surface area contributed by atoms with Gasteiger partial charge in [-0.25, -0.2) is 14.3 Å². The first-order valence-corrected chi connectivity index (χ1v) is 7.68. The Morgan fingerprint density at radius 1 is 1.22 bits per heavy atom. The molecule has 0 bridgehead atoms. The van der Waals surface area contributed by atoms with E-state index in [9.17, 15) is 4.79 Å². The first kappa shape index (κ1) is 13.6. The summed E-state index contributed by atoms with van der Waals surface area (Å²) in [5, 5.41) is 15.4. The number of carbonyl (C=O) groups is 1. The molecule has 0 fully saturated rings. The molecule has 0 amide bonds. The molecule has 6 nitrogen and oxygen atoms in total. The van der Waals surface area contributed by atoms with Gasteiger partial charge in [0.25, 0.3) is 0 Å². The zero-order valence-electron chi connectivity index (χ0n) is 11.7. The Hall–Kier alpha value is -3.06. The molecule has 7 heteroatoms. The van der Waals surface area contributed by atoms with E-state index in [1.54, 1.807) is 22.0 Å². The van der Waals surface area contributed by atoms with Crippen molar-refractivity contribution >= 4 is 23.0 Å². The first-order valence-electron chi connectivity index (χ1n) is 6.80. The van der Waals surface area contributed by atoms with Crippen LogP contribution in [0, 0.1) is 0 Å². The van der Waals surface area contributed by atoms with Crippen molar-refractivity contribution in [1.82, 2.24) is 19.6 Å². The lowest BCUT2D eigenvalue weighted by molar-refractivity contribution is 0.0697. The molecule has 23 heavy (non-hydrogen) atoms. The number of nitrogens with zero attached hydrogens (tertiary/aromatic N) is 4. The SMILES string of the molecule is O=C(O)c1ccnc(-c2cnn3ccc(-c4cccs4)nc23)c1. The maximum Gasteiger partial charge on any atom is 0.335 e. The van der Waals surface area contributed by atoms with Gasteiger partial charge in [0, 0.05) is 12.4 Å². The van der Waals surface area contributed by atoms with E-state index in [1.807, 2.05) is 29.8 Å². The number of carboxylic acids is 1. The van der Waals surface area contributed by atoms with Gasteiger partial charge in [0.1, 0.15) is 0 Å². The van der Waals surface area contributed by atoms with Crippen molar-refractivity contribution < 1.29 is 9.90 Å². The van der Waals surface area contributed by atoms with E-state index in [0.29, 0.717) is 16.9 Å². The van der Waals surface area contributed by atoms with Crippen LogP contribution in [0.1, 0.15) is 10.4 Å². The predicted molar refractivity (Wildman–Crippen MR) is 86.5 cm³/mol. The van der Waals surface area contributed by atoms with Crippen LogP contribution in [0.15, 0.2) is 54.3 Å². The number of fused-ring (bicyclic) bond motifs is 1. The van der Waals surface area contributed by atoms with Crippen LogP contribution in [-0.4, -0.2) is 30.7 Å². The van der Waals surface area contributed by atoms with Crippen molar-refractivity contribution in [3.8, 4) is 21.8 Å². The Morgan fingerprint density at radius 3 is 2.91 bits per heavy atom. The second-order valence-electron chi connectivity index (χ2n) is 4.85. The summed E-state index contributed by atoms with van der Waals surface area (Å²) in [5.41, 5.74) is 2.92. The van der Waals surface area contributed by atoms with E-state index >= 15 is 0 Å². The topological polar surface area (TPSA) is 80.4 Å². The summed E-state index contributed by atoms with van der Waals surface area (Å²) in [6.07, 6.45) is 4.96. The predicted octanol–water partition coefficient (Wildman–Crippen LogP) is 3.22. The lowest BCUT2D eigenvalue weighted by Gasteiger charge is -2.02. The summed E-state index contributed by atoms with van der Waals surface area (Å²) in [6, 6.07) is 8.86. The number of rotatable bonds is 3. The Morgan fingerprint density at radius 2 is 2.13 bits per heavy atom. The fraction of sp³-hybridized carbons (Fsp3) is 0. The molecule has 4 aromatic heterocycles. The smallest absolute Gasteiger partial charge is 0.335 e. The van der Waals surface area contributed by atoms with E-state index in [0.717, 1.165) is 10.6 Å². The summed E-state index contributed by atoms with van der Waals surface area (Å²) >= 11 is 1.61. The highest BCUT2D eigenvalue weighted by molar-refractivity contribution is 7.13. The van der Waals surface area contributed by atoms with Gasteiger partial charge in [0.2, 0.25) is 0 Å². The van der Waals surface area contributed by atoms with Gasteiger partial charge in [0.05, 0.1) is 33.6 Å². The molecule has 0 aliphatic rings. The molecule has 0 unspecified atom stereocenters. The summed E-state index contributed by atoms with van der Waals surface area (Å²) in [6.45, 7) is 0. The zero-order valence-corrected chi connectivity index (χ0v) is 12.6. The van der Waals surface area contributed by atoms with Crippen LogP contribution < -0.4 is 0 Å². The van der Waals surface area contributed by atoms with Gasteiger partial charge in [-0.1, -0.05) is 6.07 Å². The van der Waals surface area contributed by atoms with Crippen LogP contribution in [0.2, 0.25) is 0 Å². The van der Waals surface area contributed by atoms with Crippen molar-refractivity contribution in [2.24, 2.45) is 0 Å². The highest BCUT2D eigenvalue weighted by Gasteiger charge is 2.13. The summed E-state index contributed by atoms with van der Waals surface area (Å²) in [7, 11) is 0. The minimum Gasteiger partial charge on any atom is -0.478 e. The summed E-state index contributed by atoms with van der Waals surface area (Å²) in [5.74, 6) is -0.989. The minimum atomic E-state index is -0.989. The molecule has 1 N–H and O–H groups in total. The van der Waals surface area contributed by atoms with Crippen LogP contribution in [0.3, 0.4) is 0 Å². The number of thiophene rings is 1. The number of aromatic carboxylic acids is 1. The number of aromatic nitrogens is 4. The molecule has 0 aliphatic carbocycles. The van der Waals surface area contributed by atoms with Crippen LogP contribution in [0.4, 0.5) is 0 Å². The third-order valence-electron chi connectivity index (χ3n) is 3.43. The van der Waals surface area contributed by atoms with E-state index in [4.69, 9.17) is 5.11 Å². The van der Waals surface area contributed by atoms with Gasteiger partial charge in [-0.05, 0) is 29.6 Å². The molecule has 4 aromatic rings. The van der Waals surface area contributed by atoms with Crippen molar-refractivity contribution in [1.29, 1.82) is 0 Å². The number of carboxylic acid groups (broad SMARTS) is 1. The Kier molecular flexibility index (Phi) is 3.13. The Bertz CT molecular complexity index is 1010. The van der Waals surface area contributed by atoms with Crippen LogP contribution >= 0.6 is 11.3 Å². The number of pyridine rings is 1. The number of hydrogen-bond donors (Lipinski definition) is 1. The maximum absolute atomic E-state index is 11.1. The van der Waals surface area contributed by atoms with Crippen molar-refractivity contribution in [3.63, 3.8) is 0 Å². The van der Waals surface area contributed by atoms with Gasteiger partial charge >= 0.3 is 5.97 Å². The van der Waals surface area contributed by atoms with Crippen molar-refractivity contribution in [2.75, 3.05) is 0 Å². The van der Waals surface area contributed by atoms with Gasteiger partial charge in [-0.2, -0.15) is 5.10 Å². The van der Waals surface area contributed by atoms with Crippen LogP contribution in [0.25, 0.3) is 27.5 Å². The van der Waals surface area contributed by atoms with E-state index < -0.39 is 5.97 Å². The normalized spacial score (nSPS) is 11.0. The second kappa shape index (κ2) is 5.29. The van der Waals surface area contributed by atoms with E-state index in [1.165, 1.54) is 18.3 Å². The molecule has 4 heterocycles. The quantitative estimate of drug-likeness (QED) is 0.626. The van der Waals surface area contributed by atoms with Gasteiger partial charge in [0.15, 0.2) is 5.65 Å². The van der Waals surface area contributed by atoms with Gasteiger partial charge in [-0.15, -0.1) is 11.3 Å². The average molecular weight is 322 g/mol. The standard InChI is InChI=1S/C16H10N4O2S/c21-16(22)10-3-5-17-13(8-10)11-9-18-20-6-4-12(19-15(11)20)14-2-1-7-23-14/h1-9H,(H,21,22). The van der Waals surface area contributed by atoms with Crippen molar-refractivity contribution in [3.05, 3.63) is 59.9 Å². The molecule has 4 rings (SSSR count). The monoisotopic (exact) mass is 322 g/mol. The lowest BCUT2D eigenvalue weighted by atomic mass is 10.1. The molecule has 0 saturated heterocycles. The molecule has 0 atom stereocenters. The second-order valence-corrected chi connectivity index (χ2v) is 5.80. The van der Waals surface area contributed by atoms with Gasteiger partial charge in [-0.3, -0.25) is 4.98 Å². The Balaban J connectivity index is 1.89. The highest BCUT2D eigenvalue weighted by atomic mass is 32.1. The average Bonchev–Trinajstić information content (AvgIpc) is 3.24. The largest absolute Gasteiger partial charge is 0.478 e. The molecule has 0 aromatic carbocycles. The van der Waals surface area contributed by atoms with Gasteiger partial charge < -0.3 is 5.11 Å². The molecule has 0 spiro atoms. The molecule has 0 radical (unpaired) electrons. The van der Waals surface area contributed by atoms with Crippen LogP contribution in [0.5, 0.6) is 0 Å². The van der Waals surface area contributed by atoms with Crippen molar-refractivity contribution in [2.45, 2.75) is 0 Å². The molecule has 0 saturated carbocycles. The minimum absolute atomic E-state index is 0.184. The highest BCUT2D eigenvalue weighted by Crippen LogP contribution is 2.27. The Labute approximate surface area is 134 Å². The zero-order chi connectivity index (χ0) is 15.8. The maximum atomic E-state index is 11.1. The summed E-state index contributed by atoms with van der Waals surface area (Å²) in [4.78, 5) is 21.1. The van der Waals surface area contributed by atoms with E-state index in [-0.39, 0.29) is 5.56 Å². The molecule has 0 aliphatic heterocycles. The lowest BCUT2D eigenvalue weighted by Crippen LogP contribution is -1.97. The molecular weight excluding hydrogens is 312 g/mol. The summed E-state index contributed by atoms with van der Waals surface area (Å²) < 4.78 is 1.65. The van der Waals surface area contributed by atoms with E-state index in [2.05, 4.69) is 15.1 Å². The molecule has 112 valence electrons. The third-order valence-corrected chi connectivity index (χ3v) is 4.32. The fourth-order valence-electron chi connectivity index (χ4n) is 2.32. The first-order chi connectivity index (χ1) is 11.2. The molecular formula is C16H10N4O2S. The fourth-order valence-corrected chi connectivity index (χ4v) is 3.02. The van der Waals surface area contributed by atoms with Crippen LogP contribution in [-0.2, 0) is 0 Å².